The molecule has 0 saturated heterocycles. The van der Waals surface area contributed by atoms with Gasteiger partial charge in [0.15, 0.2) is 5.82 Å². The van der Waals surface area contributed by atoms with E-state index in [1.54, 1.807) is 0 Å². The minimum absolute atomic E-state index is 0.696. The zero-order chi connectivity index (χ0) is 45.4. The maximum absolute atomic E-state index is 5.48. The van der Waals surface area contributed by atoms with Gasteiger partial charge >= 0.3 is 0 Å². The van der Waals surface area contributed by atoms with Gasteiger partial charge in [0.25, 0.3) is 0 Å². The Bertz CT molecular complexity index is 4350. The van der Waals surface area contributed by atoms with Crippen molar-refractivity contribution in [2.45, 2.75) is 0 Å². The molecule has 320 valence electrons. The smallest absolute Gasteiger partial charge is 0.160 e. The quantitative estimate of drug-likeness (QED) is 0.156. The molecule has 0 aliphatic heterocycles. The molecule has 69 heavy (non-hydrogen) atoms. The number of benzene rings is 11. The second-order valence-electron chi connectivity index (χ2n) is 17.9. The van der Waals surface area contributed by atoms with Crippen molar-refractivity contribution in [2.75, 3.05) is 0 Å². The van der Waals surface area contributed by atoms with E-state index in [1.807, 2.05) is 6.07 Å². The lowest BCUT2D eigenvalue weighted by molar-refractivity contribution is 1.18. The Hall–Kier alpha value is -9.25. The van der Waals surface area contributed by atoms with E-state index in [0.717, 1.165) is 105 Å². The summed E-state index contributed by atoms with van der Waals surface area (Å²) >= 11 is 0. The number of para-hydroxylation sites is 1. The molecule has 0 aliphatic rings. The van der Waals surface area contributed by atoms with Gasteiger partial charge < -0.3 is 4.57 Å². The van der Waals surface area contributed by atoms with Crippen molar-refractivity contribution >= 4 is 75.9 Å². The van der Waals surface area contributed by atoms with Crippen LogP contribution >= 0.6 is 0 Å². The van der Waals surface area contributed by atoms with Crippen LogP contribution < -0.4 is 0 Å². The average molecular weight is 877 g/mol. The zero-order valence-corrected chi connectivity index (χ0v) is 37.4. The first-order valence-electron chi connectivity index (χ1n) is 23.5. The van der Waals surface area contributed by atoms with E-state index < -0.39 is 0 Å². The Labute approximate surface area is 398 Å². The van der Waals surface area contributed by atoms with Gasteiger partial charge in [-0.2, -0.15) is 0 Å². The van der Waals surface area contributed by atoms with Crippen LogP contribution in [0, 0.1) is 0 Å². The molecule has 0 N–H and O–H groups in total. The molecule has 14 rings (SSSR count). The molecular weight excluding hydrogens is 837 g/mol. The van der Waals surface area contributed by atoms with E-state index in [2.05, 4.69) is 241 Å². The van der Waals surface area contributed by atoms with Crippen molar-refractivity contribution in [3.05, 3.63) is 243 Å². The van der Waals surface area contributed by atoms with Gasteiger partial charge in [0.1, 0.15) is 0 Å². The first kappa shape index (κ1) is 39.0. The fourth-order valence-corrected chi connectivity index (χ4v) is 10.7. The predicted molar refractivity (Wildman–Crippen MR) is 289 cm³/mol. The van der Waals surface area contributed by atoms with Crippen LogP contribution in [0.4, 0.5) is 0 Å². The van der Waals surface area contributed by atoms with Crippen molar-refractivity contribution in [2.24, 2.45) is 0 Å². The van der Waals surface area contributed by atoms with Gasteiger partial charge in [-0.3, -0.25) is 0 Å². The number of pyridine rings is 1. The van der Waals surface area contributed by atoms with Gasteiger partial charge in [0.05, 0.1) is 33.5 Å². The number of hydrogen-bond acceptors (Lipinski definition) is 3. The van der Waals surface area contributed by atoms with Crippen molar-refractivity contribution in [3.63, 3.8) is 0 Å². The minimum atomic E-state index is 0.696. The highest BCUT2D eigenvalue weighted by molar-refractivity contribution is 6.21. The van der Waals surface area contributed by atoms with Gasteiger partial charge in [0.2, 0.25) is 0 Å². The molecule has 0 amide bonds. The monoisotopic (exact) mass is 876 g/mol. The van der Waals surface area contributed by atoms with Crippen LogP contribution in [-0.2, 0) is 0 Å². The van der Waals surface area contributed by atoms with E-state index in [-0.39, 0.29) is 0 Å². The Morgan fingerprint density at radius 1 is 0.290 bits per heavy atom. The molecule has 0 unspecified atom stereocenters. The summed E-state index contributed by atoms with van der Waals surface area (Å²) in [6, 6.07) is 87.1. The number of aromatic nitrogens is 4. The molecule has 0 atom stereocenters. The molecule has 14 aromatic rings. The van der Waals surface area contributed by atoms with Crippen molar-refractivity contribution in [3.8, 4) is 61.8 Å². The maximum atomic E-state index is 5.48. The zero-order valence-electron chi connectivity index (χ0n) is 37.4. The van der Waals surface area contributed by atoms with Crippen LogP contribution in [-0.4, -0.2) is 19.5 Å². The summed E-state index contributed by atoms with van der Waals surface area (Å²) < 4.78 is 2.44. The SMILES string of the molecule is c1ccc(-c2cc(-c3ccc(-c4cc(-c5nc(-c6ccccc6)nc6c5ccc5ccccc56)cc(-n5c6ccccc6c6c7ccccc7ccc65)c4)cc3)c3ccc4ccccc4c3n2)cc1. The molecule has 0 aliphatic carbocycles. The Morgan fingerprint density at radius 3 is 1.57 bits per heavy atom. The highest BCUT2D eigenvalue weighted by Crippen LogP contribution is 2.42. The lowest BCUT2D eigenvalue weighted by Crippen LogP contribution is -1.99. The molecule has 3 aromatic heterocycles. The van der Waals surface area contributed by atoms with Crippen LogP contribution in [0.25, 0.3) is 138 Å². The van der Waals surface area contributed by atoms with Gasteiger partial charge in [-0.15, -0.1) is 0 Å². The summed E-state index contributed by atoms with van der Waals surface area (Å²) in [5, 5.41) is 11.6. The standard InChI is InChI=1S/C65H40N4/c1-3-18-46(19-4-1)58-40-57(54-34-31-43-16-8-11-23-52(43)63(54)66-58)45-29-27-41(28-30-45)48-37-49(62-56-35-32-44-17-9-12-24-53(44)64(56)68-65(67-62)47-20-5-2-6-21-47)39-50(38-48)69-59-26-14-13-25-55(59)61-51-22-10-7-15-42(51)33-36-60(61)69/h1-40H. The van der Waals surface area contributed by atoms with Gasteiger partial charge in [0, 0.05) is 54.7 Å². The first-order valence-corrected chi connectivity index (χ1v) is 23.5. The normalized spacial score (nSPS) is 11.8. The van der Waals surface area contributed by atoms with Gasteiger partial charge in [-0.1, -0.05) is 200 Å². The van der Waals surface area contributed by atoms with E-state index in [4.69, 9.17) is 15.0 Å². The Balaban J connectivity index is 1.02. The summed E-state index contributed by atoms with van der Waals surface area (Å²) in [4.78, 5) is 16.1. The van der Waals surface area contributed by atoms with E-state index in [1.165, 1.54) is 26.9 Å². The van der Waals surface area contributed by atoms with Crippen LogP contribution in [0.3, 0.4) is 0 Å². The maximum Gasteiger partial charge on any atom is 0.160 e. The fourth-order valence-electron chi connectivity index (χ4n) is 10.7. The molecule has 11 aromatic carbocycles. The van der Waals surface area contributed by atoms with Gasteiger partial charge in [-0.05, 0) is 86.3 Å². The topological polar surface area (TPSA) is 43.6 Å². The summed E-state index contributed by atoms with van der Waals surface area (Å²) in [5.41, 5.74) is 14.7. The van der Waals surface area contributed by atoms with Crippen LogP contribution in [0.5, 0.6) is 0 Å². The van der Waals surface area contributed by atoms with E-state index in [9.17, 15) is 0 Å². The molecule has 3 heterocycles. The largest absolute Gasteiger partial charge is 0.309 e. The van der Waals surface area contributed by atoms with Crippen molar-refractivity contribution in [1.29, 1.82) is 0 Å². The third-order valence-corrected chi connectivity index (χ3v) is 13.9. The molecule has 4 heteroatoms. The molecule has 0 bridgehead atoms. The molecule has 0 fully saturated rings. The van der Waals surface area contributed by atoms with E-state index in [0.29, 0.717) is 5.82 Å². The Morgan fingerprint density at radius 2 is 0.841 bits per heavy atom. The lowest BCUT2D eigenvalue weighted by Gasteiger charge is -2.16. The third kappa shape index (κ3) is 6.41. The number of rotatable bonds is 6. The van der Waals surface area contributed by atoms with E-state index >= 15 is 0 Å². The molecule has 0 saturated carbocycles. The van der Waals surface area contributed by atoms with Crippen LogP contribution in [0.2, 0.25) is 0 Å². The second-order valence-corrected chi connectivity index (χ2v) is 17.9. The fraction of sp³-hybridized carbons (Fsp3) is 0. The third-order valence-electron chi connectivity index (χ3n) is 13.9. The lowest BCUT2D eigenvalue weighted by atomic mass is 9.93. The second kappa shape index (κ2) is 15.7. The molecule has 0 radical (unpaired) electrons. The highest BCUT2D eigenvalue weighted by Gasteiger charge is 2.20. The van der Waals surface area contributed by atoms with Crippen molar-refractivity contribution < 1.29 is 0 Å². The molecule has 0 spiro atoms. The summed E-state index contributed by atoms with van der Waals surface area (Å²) in [6.45, 7) is 0. The van der Waals surface area contributed by atoms with Crippen LogP contribution in [0.15, 0.2) is 243 Å². The number of hydrogen-bond donors (Lipinski definition) is 0. The van der Waals surface area contributed by atoms with Crippen molar-refractivity contribution in [1.82, 2.24) is 19.5 Å². The number of nitrogens with zero attached hydrogens (tertiary/aromatic N) is 4. The average Bonchev–Trinajstić information content (AvgIpc) is 3.78. The summed E-state index contributed by atoms with van der Waals surface area (Å²) in [7, 11) is 0. The minimum Gasteiger partial charge on any atom is -0.309 e. The molecular formula is C65H40N4. The summed E-state index contributed by atoms with van der Waals surface area (Å²) in [6.07, 6.45) is 0. The predicted octanol–water partition coefficient (Wildman–Crippen LogP) is 17.1. The highest BCUT2D eigenvalue weighted by atomic mass is 15.0. The number of fused-ring (bicyclic) bond motifs is 11. The van der Waals surface area contributed by atoms with Crippen LogP contribution in [0.1, 0.15) is 0 Å². The van der Waals surface area contributed by atoms with Gasteiger partial charge in [-0.25, -0.2) is 15.0 Å². The summed E-state index contributed by atoms with van der Waals surface area (Å²) in [5.74, 6) is 0.696. The first-order chi connectivity index (χ1) is 34.2. The molecule has 4 nitrogen and oxygen atoms in total. The Kier molecular flexibility index (Phi) is 8.86.